The molecule has 148 valence electrons. The lowest BCUT2D eigenvalue weighted by Gasteiger charge is -2.12. The fourth-order valence-electron chi connectivity index (χ4n) is 1.85. The number of hydrogen-bond donors (Lipinski definition) is 2. The molecule has 0 aromatic rings. The Morgan fingerprint density at radius 1 is 0.750 bits per heavy atom. The third-order valence-corrected chi connectivity index (χ3v) is 4.01. The number of alkyl halides is 5. The average Bonchev–Trinajstić information content (AvgIpc) is 2.39. The van der Waals surface area contributed by atoms with Gasteiger partial charge in [-0.1, -0.05) is 38.5 Å². The number of hydrogen-bond acceptors (Lipinski definition) is 3. The monoisotopic (exact) mass is 385 g/mol. The molecule has 2 N–H and O–H groups in total. The maximum Gasteiger partial charge on any atom is 0.389 e. The van der Waals surface area contributed by atoms with Crippen LogP contribution in [0.2, 0.25) is 0 Å². The zero-order valence-electron chi connectivity index (χ0n) is 14.1. The number of halogens is 5. The van der Waals surface area contributed by atoms with Crippen molar-refractivity contribution in [1.29, 1.82) is 0 Å². The lowest BCUT2D eigenvalue weighted by atomic mass is 10.1. The molecule has 0 bridgehead atoms. The van der Waals surface area contributed by atoms with Gasteiger partial charge in [-0.2, -0.15) is 30.4 Å². The molecule has 0 saturated heterocycles. The van der Waals surface area contributed by atoms with Gasteiger partial charge in [0.15, 0.2) is 0 Å². The van der Waals surface area contributed by atoms with E-state index in [-0.39, 0.29) is 12.8 Å². The van der Waals surface area contributed by atoms with Gasteiger partial charge in [-0.05, 0) is 26.9 Å². The molecule has 0 spiro atoms. The SMILES string of the molecule is CNC.O=S(=O)(O)C(F)(F)CCCCCCCCCCC(F)(F)F. The Kier molecular flexibility index (Phi) is 13.8. The average molecular weight is 385 g/mol. The molecular formula is C14H28F5NO3S. The van der Waals surface area contributed by atoms with Crippen LogP contribution >= 0.6 is 0 Å². The second-order valence-corrected chi connectivity index (χ2v) is 7.10. The molecule has 0 aliphatic heterocycles. The van der Waals surface area contributed by atoms with Crippen LogP contribution in [0.1, 0.15) is 64.2 Å². The molecule has 24 heavy (non-hydrogen) atoms. The van der Waals surface area contributed by atoms with Gasteiger partial charge < -0.3 is 5.32 Å². The molecule has 10 heteroatoms. The summed E-state index contributed by atoms with van der Waals surface area (Å²) >= 11 is 0. The predicted octanol–water partition coefficient (Wildman–Crippen LogP) is 4.77. The van der Waals surface area contributed by atoms with Gasteiger partial charge in [-0.25, -0.2) is 0 Å². The number of unbranched alkanes of at least 4 members (excludes halogenated alkanes) is 7. The van der Waals surface area contributed by atoms with Gasteiger partial charge in [-0.3, -0.25) is 4.55 Å². The van der Waals surface area contributed by atoms with Gasteiger partial charge in [0.1, 0.15) is 0 Å². The smallest absolute Gasteiger partial charge is 0.323 e. The highest BCUT2D eigenvalue weighted by Crippen LogP contribution is 2.27. The second kappa shape index (κ2) is 12.8. The van der Waals surface area contributed by atoms with E-state index >= 15 is 0 Å². The first-order valence-corrected chi connectivity index (χ1v) is 9.31. The third kappa shape index (κ3) is 16.4. The highest BCUT2D eigenvalue weighted by Gasteiger charge is 2.42. The lowest BCUT2D eigenvalue weighted by molar-refractivity contribution is -0.135. The lowest BCUT2D eigenvalue weighted by Crippen LogP contribution is -2.27. The summed E-state index contributed by atoms with van der Waals surface area (Å²) < 4.78 is 90.0. The summed E-state index contributed by atoms with van der Waals surface area (Å²) in [6.45, 7) is 0. The van der Waals surface area contributed by atoms with Crippen LogP contribution in [0.15, 0.2) is 0 Å². The Balaban J connectivity index is 0. The normalized spacial score (nSPS) is 12.7. The van der Waals surface area contributed by atoms with E-state index in [0.29, 0.717) is 32.1 Å². The highest BCUT2D eigenvalue weighted by atomic mass is 32.2. The minimum atomic E-state index is -5.35. The Morgan fingerprint density at radius 3 is 1.33 bits per heavy atom. The van der Waals surface area contributed by atoms with E-state index in [2.05, 4.69) is 5.32 Å². The summed E-state index contributed by atoms with van der Waals surface area (Å²) in [7, 11) is -1.60. The van der Waals surface area contributed by atoms with Gasteiger partial charge in [-0.15, -0.1) is 0 Å². The van der Waals surface area contributed by atoms with Crippen molar-refractivity contribution in [2.45, 2.75) is 75.6 Å². The number of rotatable bonds is 11. The summed E-state index contributed by atoms with van der Waals surface area (Å²) in [6, 6.07) is 0. The first-order chi connectivity index (χ1) is 10.9. The van der Waals surface area contributed by atoms with Gasteiger partial charge in [0, 0.05) is 12.8 Å². The van der Waals surface area contributed by atoms with Crippen molar-refractivity contribution in [3.63, 3.8) is 0 Å². The Morgan fingerprint density at radius 2 is 1.04 bits per heavy atom. The summed E-state index contributed by atoms with van der Waals surface area (Å²) in [5, 5.41) is -1.36. The van der Waals surface area contributed by atoms with Crippen molar-refractivity contribution in [1.82, 2.24) is 5.32 Å². The Bertz CT molecular complexity index is 400. The van der Waals surface area contributed by atoms with Crippen molar-refractivity contribution in [2.75, 3.05) is 14.1 Å². The van der Waals surface area contributed by atoms with E-state index in [1.807, 2.05) is 14.1 Å². The zero-order chi connectivity index (χ0) is 19.3. The molecule has 0 unspecified atom stereocenters. The summed E-state index contributed by atoms with van der Waals surface area (Å²) in [5.41, 5.74) is 0. The molecule has 0 fully saturated rings. The topological polar surface area (TPSA) is 66.4 Å². The van der Waals surface area contributed by atoms with Crippen molar-refractivity contribution < 1.29 is 34.9 Å². The van der Waals surface area contributed by atoms with Crippen molar-refractivity contribution >= 4 is 10.1 Å². The molecule has 0 aromatic carbocycles. The molecule has 0 radical (unpaired) electrons. The summed E-state index contributed by atoms with van der Waals surface area (Å²) in [4.78, 5) is 0. The molecule has 0 aliphatic carbocycles. The maximum absolute atomic E-state index is 12.8. The van der Waals surface area contributed by atoms with Gasteiger partial charge in [0.2, 0.25) is 0 Å². The van der Waals surface area contributed by atoms with Crippen molar-refractivity contribution in [3.8, 4) is 0 Å². The van der Waals surface area contributed by atoms with E-state index in [0.717, 1.165) is 6.42 Å². The first-order valence-electron chi connectivity index (χ1n) is 7.87. The van der Waals surface area contributed by atoms with Gasteiger partial charge in [0.05, 0.1) is 0 Å². The molecule has 0 atom stereocenters. The third-order valence-electron chi connectivity index (χ3n) is 3.06. The maximum atomic E-state index is 12.8. The predicted molar refractivity (Wildman–Crippen MR) is 83.7 cm³/mol. The fourth-order valence-corrected chi connectivity index (χ4v) is 2.25. The molecule has 4 nitrogen and oxygen atoms in total. The molecule has 0 saturated carbocycles. The van der Waals surface area contributed by atoms with Crippen molar-refractivity contribution in [2.24, 2.45) is 0 Å². The standard InChI is InChI=1S/C12H21F5O3S.C2H7N/c13-11(14,15)9-7-5-3-1-2-4-6-8-10-12(16,17)21(18,19)20;1-3-2/h1-10H2,(H,18,19,20);3H,1-2H3. The van der Waals surface area contributed by atoms with E-state index in [1.165, 1.54) is 0 Å². The quantitative estimate of drug-likeness (QED) is 0.306. The van der Waals surface area contributed by atoms with Crippen LogP contribution in [0.4, 0.5) is 22.0 Å². The molecule has 0 amide bonds. The van der Waals surface area contributed by atoms with Crippen LogP contribution in [0.5, 0.6) is 0 Å². The fraction of sp³-hybridized carbons (Fsp3) is 1.00. The van der Waals surface area contributed by atoms with Crippen LogP contribution in [0.3, 0.4) is 0 Å². The zero-order valence-corrected chi connectivity index (χ0v) is 14.9. The van der Waals surface area contributed by atoms with E-state index < -0.39 is 34.4 Å². The highest BCUT2D eigenvalue weighted by molar-refractivity contribution is 7.86. The van der Waals surface area contributed by atoms with E-state index in [4.69, 9.17) is 4.55 Å². The van der Waals surface area contributed by atoms with Gasteiger partial charge >= 0.3 is 21.5 Å². The van der Waals surface area contributed by atoms with Crippen molar-refractivity contribution in [3.05, 3.63) is 0 Å². The number of nitrogens with one attached hydrogen (secondary N) is 1. The largest absolute Gasteiger partial charge is 0.389 e. The Hall–Kier alpha value is -0.480. The molecule has 0 aromatic heterocycles. The minimum Gasteiger partial charge on any atom is -0.323 e. The molecule has 0 rings (SSSR count). The van der Waals surface area contributed by atoms with E-state index in [1.54, 1.807) is 0 Å². The van der Waals surface area contributed by atoms with Crippen LogP contribution in [-0.4, -0.2) is 38.5 Å². The summed E-state index contributed by atoms with van der Waals surface area (Å²) in [6.07, 6.45) is -2.14. The molecule has 0 heterocycles. The van der Waals surface area contributed by atoms with Crippen LogP contribution < -0.4 is 5.32 Å². The molecular weight excluding hydrogens is 357 g/mol. The Labute approximate surface area is 140 Å². The van der Waals surface area contributed by atoms with Gasteiger partial charge in [0.25, 0.3) is 0 Å². The van der Waals surface area contributed by atoms with Crippen LogP contribution in [-0.2, 0) is 10.1 Å². The van der Waals surface area contributed by atoms with Crippen LogP contribution in [0.25, 0.3) is 0 Å². The summed E-state index contributed by atoms with van der Waals surface area (Å²) in [5.74, 6) is 0. The van der Waals surface area contributed by atoms with E-state index in [9.17, 15) is 30.4 Å². The minimum absolute atomic E-state index is 0.0269. The van der Waals surface area contributed by atoms with Crippen LogP contribution in [0, 0.1) is 0 Å². The first kappa shape index (κ1) is 25.8. The second-order valence-electron chi connectivity index (χ2n) is 5.56. The molecule has 0 aliphatic rings.